The van der Waals surface area contributed by atoms with Crippen LogP contribution in [-0.4, -0.2) is 38.9 Å². The van der Waals surface area contributed by atoms with Crippen molar-refractivity contribution in [2.45, 2.75) is 20.8 Å². The molecular formula is C13H19N3O3S2. The molecular weight excluding hydrogens is 310 g/mol. The highest BCUT2D eigenvalue weighted by molar-refractivity contribution is 7.90. The Bertz CT molecular complexity index is 795. The number of aromatic nitrogens is 1. The van der Waals surface area contributed by atoms with E-state index in [2.05, 4.69) is 9.71 Å². The molecule has 0 saturated carbocycles. The quantitative estimate of drug-likeness (QED) is 0.935. The van der Waals surface area contributed by atoms with Crippen molar-refractivity contribution in [3.63, 3.8) is 0 Å². The number of fused-ring (bicyclic) bond motifs is 1. The summed E-state index contributed by atoms with van der Waals surface area (Å²) in [6.07, 6.45) is 0. The SMILES string of the molecule is COc1c(C)c(C)c2nc(NS(=O)(=O)N(C)C)sc2c1C. The average Bonchev–Trinajstić information content (AvgIpc) is 2.80. The predicted octanol–water partition coefficient (Wildman–Crippen LogP) is 2.45. The second-order valence-electron chi connectivity index (χ2n) is 4.99. The Hall–Kier alpha value is -1.38. The third kappa shape index (κ3) is 2.70. The Labute approximate surface area is 128 Å². The third-order valence-electron chi connectivity index (χ3n) is 3.47. The highest BCUT2D eigenvalue weighted by atomic mass is 32.2. The lowest BCUT2D eigenvalue weighted by Gasteiger charge is -2.11. The number of ether oxygens (including phenoxy) is 1. The molecule has 2 aromatic rings. The second kappa shape index (κ2) is 5.43. The van der Waals surface area contributed by atoms with Gasteiger partial charge in [0, 0.05) is 19.7 Å². The molecule has 0 amide bonds. The molecule has 2 rings (SSSR count). The van der Waals surface area contributed by atoms with Gasteiger partial charge in [0.1, 0.15) is 5.75 Å². The summed E-state index contributed by atoms with van der Waals surface area (Å²) in [5, 5.41) is 0.359. The van der Waals surface area contributed by atoms with Crippen LogP contribution in [0.2, 0.25) is 0 Å². The molecule has 8 heteroatoms. The Morgan fingerprint density at radius 1 is 1.14 bits per heavy atom. The van der Waals surface area contributed by atoms with Crippen molar-refractivity contribution in [1.82, 2.24) is 9.29 Å². The molecule has 0 aliphatic heterocycles. The van der Waals surface area contributed by atoms with Crippen molar-refractivity contribution in [2.24, 2.45) is 0 Å². The number of nitrogens with one attached hydrogen (secondary N) is 1. The van der Waals surface area contributed by atoms with E-state index in [0.29, 0.717) is 5.13 Å². The fourth-order valence-corrected chi connectivity index (χ4v) is 3.92. The first-order valence-corrected chi connectivity index (χ1v) is 8.59. The number of anilines is 1. The summed E-state index contributed by atoms with van der Waals surface area (Å²) in [4.78, 5) is 4.42. The zero-order valence-electron chi connectivity index (χ0n) is 12.9. The first-order chi connectivity index (χ1) is 9.69. The van der Waals surface area contributed by atoms with E-state index in [1.54, 1.807) is 7.11 Å². The van der Waals surface area contributed by atoms with Gasteiger partial charge < -0.3 is 4.74 Å². The second-order valence-corrected chi connectivity index (χ2v) is 7.88. The van der Waals surface area contributed by atoms with Crippen LogP contribution in [0.4, 0.5) is 5.13 Å². The van der Waals surface area contributed by atoms with Gasteiger partial charge in [-0.3, -0.25) is 0 Å². The minimum atomic E-state index is -3.55. The highest BCUT2D eigenvalue weighted by Crippen LogP contribution is 2.39. The Kier molecular flexibility index (Phi) is 4.14. The number of rotatable bonds is 4. The minimum Gasteiger partial charge on any atom is -0.496 e. The van der Waals surface area contributed by atoms with Gasteiger partial charge in [-0.15, -0.1) is 0 Å². The number of nitrogens with zero attached hydrogens (tertiary/aromatic N) is 2. The molecule has 1 aromatic carbocycles. The summed E-state index contributed by atoms with van der Waals surface area (Å²) in [6.45, 7) is 5.89. The minimum absolute atomic E-state index is 0.359. The molecule has 0 unspecified atom stereocenters. The van der Waals surface area contributed by atoms with E-state index in [1.165, 1.54) is 25.4 Å². The van der Waals surface area contributed by atoms with E-state index in [0.717, 1.165) is 37.0 Å². The van der Waals surface area contributed by atoms with Gasteiger partial charge >= 0.3 is 10.2 Å². The maximum atomic E-state index is 11.9. The van der Waals surface area contributed by atoms with E-state index >= 15 is 0 Å². The van der Waals surface area contributed by atoms with Crippen LogP contribution in [0.15, 0.2) is 0 Å². The Morgan fingerprint density at radius 2 is 1.76 bits per heavy atom. The lowest BCUT2D eigenvalue weighted by molar-refractivity contribution is 0.409. The first kappa shape index (κ1) is 16.0. The van der Waals surface area contributed by atoms with Crippen LogP contribution in [0.5, 0.6) is 5.75 Å². The maximum absolute atomic E-state index is 11.9. The summed E-state index contributed by atoms with van der Waals surface area (Å²) < 4.78 is 33.8. The van der Waals surface area contributed by atoms with Crippen molar-refractivity contribution < 1.29 is 13.2 Å². The van der Waals surface area contributed by atoms with Crippen LogP contribution in [0.3, 0.4) is 0 Å². The van der Waals surface area contributed by atoms with E-state index in [9.17, 15) is 8.42 Å². The number of benzene rings is 1. The van der Waals surface area contributed by atoms with Crippen LogP contribution in [0, 0.1) is 20.8 Å². The highest BCUT2D eigenvalue weighted by Gasteiger charge is 2.20. The van der Waals surface area contributed by atoms with Crippen LogP contribution >= 0.6 is 11.3 Å². The predicted molar refractivity (Wildman–Crippen MR) is 86.6 cm³/mol. The maximum Gasteiger partial charge on any atom is 0.302 e. The number of hydrogen-bond acceptors (Lipinski definition) is 5. The molecule has 0 spiro atoms. The molecule has 21 heavy (non-hydrogen) atoms. The smallest absolute Gasteiger partial charge is 0.302 e. The zero-order valence-corrected chi connectivity index (χ0v) is 14.6. The Morgan fingerprint density at radius 3 is 2.29 bits per heavy atom. The molecule has 0 atom stereocenters. The molecule has 1 N–H and O–H groups in total. The average molecular weight is 329 g/mol. The van der Waals surface area contributed by atoms with Crippen molar-refractivity contribution >= 4 is 36.9 Å². The van der Waals surface area contributed by atoms with Crippen molar-refractivity contribution in [2.75, 3.05) is 25.9 Å². The van der Waals surface area contributed by atoms with Crippen LogP contribution in [-0.2, 0) is 10.2 Å². The molecule has 0 aliphatic carbocycles. The van der Waals surface area contributed by atoms with Gasteiger partial charge in [0.15, 0.2) is 5.13 Å². The number of methoxy groups -OCH3 is 1. The fourth-order valence-electron chi connectivity index (χ4n) is 2.11. The molecule has 6 nitrogen and oxygen atoms in total. The molecule has 0 fully saturated rings. The number of thiazole rings is 1. The van der Waals surface area contributed by atoms with Gasteiger partial charge in [0.2, 0.25) is 0 Å². The van der Waals surface area contributed by atoms with E-state index in [1.807, 2.05) is 20.8 Å². The van der Waals surface area contributed by atoms with Crippen LogP contribution in [0.1, 0.15) is 16.7 Å². The fraction of sp³-hybridized carbons (Fsp3) is 0.462. The van der Waals surface area contributed by atoms with Gasteiger partial charge in [-0.2, -0.15) is 12.7 Å². The summed E-state index contributed by atoms with van der Waals surface area (Å²) in [5.41, 5.74) is 3.81. The molecule has 0 aliphatic rings. The van der Waals surface area contributed by atoms with Gasteiger partial charge in [-0.05, 0) is 31.9 Å². The first-order valence-electron chi connectivity index (χ1n) is 6.33. The van der Waals surface area contributed by atoms with Gasteiger partial charge in [0.05, 0.1) is 17.3 Å². The Balaban J connectivity index is 2.62. The lowest BCUT2D eigenvalue weighted by Crippen LogP contribution is -2.28. The standard InChI is InChI=1S/C13H19N3O3S2/c1-7-8(2)11(19-6)9(3)12-10(7)14-13(20-12)15-21(17,18)16(4)5/h1-6H3,(H,14,15). The molecule has 0 radical (unpaired) electrons. The molecule has 1 heterocycles. The molecule has 116 valence electrons. The number of aryl methyl sites for hydroxylation is 2. The third-order valence-corrected chi connectivity index (χ3v) is 6.10. The van der Waals surface area contributed by atoms with E-state index < -0.39 is 10.2 Å². The van der Waals surface area contributed by atoms with Gasteiger partial charge in [-0.1, -0.05) is 11.3 Å². The van der Waals surface area contributed by atoms with Crippen LogP contribution < -0.4 is 9.46 Å². The normalized spacial score (nSPS) is 12.1. The van der Waals surface area contributed by atoms with Crippen molar-refractivity contribution in [3.8, 4) is 5.75 Å². The van der Waals surface area contributed by atoms with Gasteiger partial charge in [-0.25, -0.2) is 9.71 Å². The van der Waals surface area contributed by atoms with Crippen molar-refractivity contribution in [1.29, 1.82) is 0 Å². The van der Waals surface area contributed by atoms with Crippen LogP contribution in [0.25, 0.3) is 10.2 Å². The molecule has 1 aromatic heterocycles. The largest absolute Gasteiger partial charge is 0.496 e. The molecule has 0 bridgehead atoms. The summed E-state index contributed by atoms with van der Waals surface area (Å²) in [6, 6.07) is 0. The molecule has 0 saturated heterocycles. The summed E-state index contributed by atoms with van der Waals surface area (Å²) >= 11 is 1.31. The lowest BCUT2D eigenvalue weighted by atomic mass is 10.0. The van der Waals surface area contributed by atoms with E-state index in [4.69, 9.17) is 4.74 Å². The monoisotopic (exact) mass is 329 g/mol. The number of hydrogen-bond donors (Lipinski definition) is 1. The summed E-state index contributed by atoms with van der Waals surface area (Å²) in [5.74, 6) is 0.825. The topological polar surface area (TPSA) is 71.5 Å². The zero-order chi connectivity index (χ0) is 15.9. The summed E-state index contributed by atoms with van der Waals surface area (Å²) in [7, 11) is 1.03. The van der Waals surface area contributed by atoms with Gasteiger partial charge in [0.25, 0.3) is 0 Å². The van der Waals surface area contributed by atoms with Crippen molar-refractivity contribution in [3.05, 3.63) is 16.7 Å². The van der Waals surface area contributed by atoms with E-state index in [-0.39, 0.29) is 0 Å².